The van der Waals surface area contributed by atoms with Crippen molar-refractivity contribution in [1.29, 1.82) is 0 Å². The van der Waals surface area contributed by atoms with Gasteiger partial charge in [0.05, 0.1) is 25.5 Å². The molecule has 112 valence electrons. The Balaban J connectivity index is 2.13. The standard InChI is InChI=1S/C12H13BrN4O3S/c1-7-6-21-9(16-7)4-14-8-3-15-17(5-10(18)20-2)12(19)11(8)13/h3,6,14H,4-5H2,1-2H3. The number of thiazole rings is 1. The van der Waals surface area contributed by atoms with Crippen molar-refractivity contribution in [2.45, 2.75) is 20.0 Å². The number of ether oxygens (including phenoxy) is 1. The fraction of sp³-hybridized carbons (Fsp3) is 0.333. The Morgan fingerprint density at radius 1 is 1.57 bits per heavy atom. The minimum absolute atomic E-state index is 0.222. The molecule has 21 heavy (non-hydrogen) atoms. The smallest absolute Gasteiger partial charge is 0.327 e. The van der Waals surface area contributed by atoms with Crippen LogP contribution in [-0.2, 0) is 22.6 Å². The van der Waals surface area contributed by atoms with Gasteiger partial charge < -0.3 is 10.1 Å². The molecule has 0 aromatic carbocycles. The third kappa shape index (κ3) is 3.88. The maximum atomic E-state index is 12.0. The Kier molecular flexibility index (Phi) is 5.07. The molecule has 2 heterocycles. The van der Waals surface area contributed by atoms with Gasteiger partial charge in [0.1, 0.15) is 16.0 Å². The van der Waals surface area contributed by atoms with Crippen LogP contribution in [0.25, 0.3) is 0 Å². The quantitative estimate of drug-likeness (QED) is 0.801. The minimum Gasteiger partial charge on any atom is -0.468 e. The average Bonchev–Trinajstić information content (AvgIpc) is 2.88. The molecule has 9 heteroatoms. The highest BCUT2D eigenvalue weighted by Gasteiger charge is 2.12. The molecule has 0 radical (unpaired) electrons. The van der Waals surface area contributed by atoms with E-state index in [4.69, 9.17) is 0 Å². The SMILES string of the molecule is COC(=O)Cn1ncc(NCc2nc(C)cs2)c(Br)c1=O. The second-order valence-corrected chi connectivity index (χ2v) is 5.88. The second-order valence-electron chi connectivity index (χ2n) is 4.15. The molecule has 0 unspecified atom stereocenters. The molecule has 1 N–H and O–H groups in total. The first kappa shape index (κ1) is 15.6. The van der Waals surface area contributed by atoms with E-state index in [2.05, 4.69) is 36.1 Å². The van der Waals surface area contributed by atoms with Crippen LogP contribution in [0.5, 0.6) is 0 Å². The van der Waals surface area contributed by atoms with Crippen molar-refractivity contribution in [2.24, 2.45) is 0 Å². The van der Waals surface area contributed by atoms with E-state index >= 15 is 0 Å². The largest absolute Gasteiger partial charge is 0.468 e. The van der Waals surface area contributed by atoms with E-state index in [-0.39, 0.29) is 6.54 Å². The van der Waals surface area contributed by atoms with Crippen molar-refractivity contribution in [3.05, 3.63) is 37.1 Å². The van der Waals surface area contributed by atoms with Gasteiger partial charge in [0.25, 0.3) is 5.56 Å². The predicted octanol–water partition coefficient (Wildman–Crippen LogP) is 1.56. The van der Waals surface area contributed by atoms with Crippen LogP contribution in [0.3, 0.4) is 0 Å². The van der Waals surface area contributed by atoms with Crippen molar-refractivity contribution >= 4 is 38.9 Å². The number of hydrogen-bond donors (Lipinski definition) is 1. The monoisotopic (exact) mass is 372 g/mol. The van der Waals surface area contributed by atoms with Gasteiger partial charge in [0, 0.05) is 11.1 Å². The summed E-state index contributed by atoms with van der Waals surface area (Å²) in [5.74, 6) is -0.532. The number of halogens is 1. The number of nitrogens with one attached hydrogen (secondary N) is 1. The van der Waals surface area contributed by atoms with Crippen LogP contribution in [0.1, 0.15) is 10.7 Å². The molecule has 0 spiro atoms. The zero-order chi connectivity index (χ0) is 15.4. The topological polar surface area (TPSA) is 86.1 Å². The van der Waals surface area contributed by atoms with Crippen molar-refractivity contribution < 1.29 is 9.53 Å². The predicted molar refractivity (Wildman–Crippen MR) is 82.4 cm³/mol. The molecular formula is C12H13BrN4O3S. The third-order valence-corrected chi connectivity index (χ3v) is 4.32. The molecule has 0 aliphatic heterocycles. The molecule has 0 atom stereocenters. The number of nitrogens with zero attached hydrogens (tertiary/aromatic N) is 3. The summed E-state index contributed by atoms with van der Waals surface area (Å²) < 4.78 is 5.86. The second kappa shape index (κ2) is 6.81. The number of rotatable bonds is 5. The highest BCUT2D eigenvalue weighted by molar-refractivity contribution is 9.10. The Morgan fingerprint density at radius 2 is 2.33 bits per heavy atom. The van der Waals surface area contributed by atoms with E-state index < -0.39 is 11.5 Å². The molecular weight excluding hydrogens is 360 g/mol. The maximum Gasteiger partial charge on any atom is 0.327 e. The number of aryl methyl sites for hydroxylation is 1. The summed E-state index contributed by atoms with van der Waals surface area (Å²) >= 11 is 4.76. The van der Waals surface area contributed by atoms with E-state index in [1.807, 2.05) is 12.3 Å². The van der Waals surface area contributed by atoms with Crippen molar-refractivity contribution in [3.63, 3.8) is 0 Å². The number of carbonyl (C=O) groups excluding carboxylic acids is 1. The fourth-order valence-electron chi connectivity index (χ4n) is 1.54. The summed E-state index contributed by atoms with van der Waals surface area (Å²) in [6.45, 7) is 2.20. The van der Waals surface area contributed by atoms with E-state index in [1.54, 1.807) is 0 Å². The zero-order valence-corrected chi connectivity index (χ0v) is 13.8. The van der Waals surface area contributed by atoms with Crippen LogP contribution in [0.15, 0.2) is 20.8 Å². The van der Waals surface area contributed by atoms with Crippen molar-refractivity contribution in [1.82, 2.24) is 14.8 Å². The van der Waals surface area contributed by atoms with E-state index in [0.717, 1.165) is 15.4 Å². The lowest BCUT2D eigenvalue weighted by molar-refractivity contribution is -0.141. The Morgan fingerprint density at radius 3 is 2.95 bits per heavy atom. The molecule has 2 rings (SSSR count). The lowest BCUT2D eigenvalue weighted by atomic mass is 10.4. The minimum atomic E-state index is -0.532. The zero-order valence-electron chi connectivity index (χ0n) is 11.4. The summed E-state index contributed by atoms with van der Waals surface area (Å²) in [5.41, 5.74) is 1.11. The van der Waals surface area contributed by atoms with Gasteiger partial charge in [-0.1, -0.05) is 0 Å². The summed E-state index contributed by atoms with van der Waals surface area (Å²) in [6.07, 6.45) is 1.48. The van der Waals surface area contributed by atoms with E-state index in [0.29, 0.717) is 16.7 Å². The van der Waals surface area contributed by atoms with Gasteiger partial charge >= 0.3 is 5.97 Å². The molecule has 7 nitrogen and oxygen atoms in total. The molecule has 0 aliphatic rings. The lowest BCUT2D eigenvalue weighted by Crippen LogP contribution is -2.28. The van der Waals surface area contributed by atoms with Gasteiger partial charge in [-0.25, -0.2) is 9.67 Å². The highest BCUT2D eigenvalue weighted by Crippen LogP contribution is 2.18. The fourth-order valence-corrected chi connectivity index (χ4v) is 2.70. The Hall–Kier alpha value is -1.74. The van der Waals surface area contributed by atoms with Crippen LogP contribution in [0.4, 0.5) is 5.69 Å². The normalized spacial score (nSPS) is 10.4. The number of hydrogen-bond acceptors (Lipinski definition) is 7. The molecule has 0 bridgehead atoms. The Bertz CT molecular complexity index is 713. The van der Waals surface area contributed by atoms with Crippen LogP contribution in [0, 0.1) is 6.92 Å². The van der Waals surface area contributed by atoms with Gasteiger partial charge in [-0.2, -0.15) is 5.10 Å². The summed E-state index contributed by atoms with van der Waals surface area (Å²) in [5, 5.41) is 9.90. The summed E-state index contributed by atoms with van der Waals surface area (Å²) in [4.78, 5) is 27.6. The van der Waals surface area contributed by atoms with E-state index in [9.17, 15) is 9.59 Å². The van der Waals surface area contributed by atoms with Gasteiger partial charge in [-0.3, -0.25) is 9.59 Å². The number of methoxy groups -OCH3 is 1. The number of aromatic nitrogens is 3. The number of anilines is 1. The summed E-state index contributed by atoms with van der Waals surface area (Å²) in [6, 6.07) is 0. The molecule has 0 amide bonds. The van der Waals surface area contributed by atoms with Crippen LogP contribution >= 0.6 is 27.3 Å². The van der Waals surface area contributed by atoms with Crippen LogP contribution in [0.2, 0.25) is 0 Å². The molecule has 0 saturated heterocycles. The van der Waals surface area contributed by atoms with Crippen LogP contribution < -0.4 is 10.9 Å². The molecule has 2 aromatic heterocycles. The first-order valence-electron chi connectivity index (χ1n) is 5.98. The molecule has 0 aliphatic carbocycles. The maximum absolute atomic E-state index is 12.0. The first-order valence-corrected chi connectivity index (χ1v) is 7.66. The van der Waals surface area contributed by atoms with Crippen LogP contribution in [-0.4, -0.2) is 27.8 Å². The first-order chi connectivity index (χ1) is 10.0. The molecule has 0 fully saturated rings. The molecule has 2 aromatic rings. The third-order valence-electron chi connectivity index (χ3n) is 2.59. The van der Waals surface area contributed by atoms with Gasteiger partial charge in [-0.15, -0.1) is 11.3 Å². The van der Waals surface area contributed by atoms with E-state index in [1.165, 1.54) is 24.6 Å². The van der Waals surface area contributed by atoms with Gasteiger partial charge in [-0.05, 0) is 22.9 Å². The van der Waals surface area contributed by atoms with Crippen molar-refractivity contribution in [3.8, 4) is 0 Å². The summed E-state index contributed by atoms with van der Waals surface area (Å²) in [7, 11) is 1.26. The lowest BCUT2D eigenvalue weighted by Gasteiger charge is -2.08. The van der Waals surface area contributed by atoms with Crippen molar-refractivity contribution in [2.75, 3.05) is 12.4 Å². The Labute approximate surface area is 133 Å². The number of carbonyl (C=O) groups is 1. The average molecular weight is 373 g/mol. The van der Waals surface area contributed by atoms with Gasteiger partial charge in [0.2, 0.25) is 0 Å². The molecule has 0 saturated carbocycles. The number of esters is 1. The highest BCUT2D eigenvalue weighted by atomic mass is 79.9. The van der Waals surface area contributed by atoms with Gasteiger partial charge in [0.15, 0.2) is 0 Å².